The van der Waals surface area contributed by atoms with Crippen LogP contribution in [0.2, 0.25) is 0 Å². The van der Waals surface area contributed by atoms with Crippen molar-refractivity contribution in [3.8, 4) is 17.2 Å². The average molecular weight is 360 g/mol. The maximum Gasteiger partial charge on any atom is 0.267 e. The van der Waals surface area contributed by atoms with Crippen molar-refractivity contribution >= 4 is 11.6 Å². The van der Waals surface area contributed by atoms with E-state index < -0.39 is 5.91 Å². The van der Waals surface area contributed by atoms with Gasteiger partial charge in [-0.05, 0) is 24.6 Å². The number of anilines is 1. The van der Waals surface area contributed by atoms with E-state index in [-0.39, 0.29) is 0 Å². The number of nitrogens with one attached hydrogen (secondary N) is 2. The normalized spacial score (nSPS) is 11.9. The third-order valence-electron chi connectivity index (χ3n) is 3.37. The minimum Gasteiger partial charge on any atom is -0.493 e. The van der Waals surface area contributed by atoms with Gasteiger partial charge in [0, 0.05) is 29.6 Å². The number of methoxy groups -OCH3 is 3. The molecule has 1 aromatic carbocycles. The standard InChI is InChI=1S/C19H24N2O5/c1-6-8-15(13(7-2)9-10-18(22)21-23)20-14-11-16(24-3)19(26-5)17(12-14)25-4/h6-12,20,23H,1H2,2-5H3,(H,21,22)/b10-9+,13-7-,15-8+. The van der Waals surface area contributed by atoms with E-state index in [2.05, 4.69) is 11.9 Å². The maximum absolute atomic E-state index is 11.2. The molecule has 0 aliphatic rings. The summed E-state index contributed by atoms with van der Waals surface area (Å²) in [6.07, 6.45) is 7.94. The van der Waals surface area contributed by atoms with Crippen molar-refractivity contribution in [2.45, 2.75) is 6.92 Å². The molecule has 3 N–H and O–H groups in total. The summed E-state index contributed by atoms with van der Waals surface area (Å²) in [5.41, 5.74) is 3.62. The second-order valence-corrected chi connectivity index (χ2v) is 4.91. The average Bonchev–Trinajstić information content (AvgIpc) is 2.67. The van der Waals surface area contributed by atoms with Crippen LogP contribution in [0.15, 0.2) is 60.4 Å². The van der Waals surface area contributed by atoms with E-state index in [0.29, 0.717) is 34.2 Å². The molecule has 0 aromatic heterocycles. The Balaban J connectivity index is 3.26. The highest BCUT2D eigenvalue weighted by molar-refractivity contribution is 5.87. The molecule has 7 heteroatoms. The Morgan fingerprint density at radius 1 is 1.12 bits per heavy atom. The largest absolute Gasteiger partial charge is 0.493 e. The molecule has 26 heavy (non-hydrogen) atoms. The number of allylic oxidation sites excluding steroid dienone is 4. The molecule has 0 saturated carbocycles. The Kier molecular flexibility index (Phi) is 8.52. The first-order chi connectivity index (χ1) is 12.5. The second-order valence-electron chi connectivity index (χ2n) is 4.91. The van der Waals surface area contributed by atoms with E-state index in [1.54, 1.807) is 35.8 Å². The number of amides is 1. The van der Waals surface area contributed by atoms with Gasteiger partial charge in [-0.25, -0.2) is 5.48 Å². The number of hydrogen-bond donors (Lipinski definition) is 3. The van der Waals surface area contributed by atoms with Gasteiger partial charge in [0.2, 0.25) is 5.75 Å². The zero-order chi connectivity index (χ0) is 19.5. The van der Waals surface area contributed by atoms with Crippen molar-refractivity contribution in [3.63, 3.8) is 0 Å². The second kappa shape index (κ2) is 10.6. The van der Waals surface area contributed by atoms with Gasteiger partial charge < -0.3 is 19.5 Å². The number of carbonyl (C=O) groups excluding carboxylic acids is 1. The monoisotopic (exact) mass is 360 g/mol. The van der Waals surface area contributed by atoms with Crippen LogP contribution in [-0.4, -0.2) is 32.4 Å². The summed E-state index contributed by atoms with van der Waals surface area (Å²) < 4.78 is 16.0. The van der Waals surface area contributed by atoms with Crippen molar-refractivity contribution in [1.29, 1.82) is 0 Å². The first-order valence-electron chi connectivity index (χ1n) is 7.73. The summed E-state index contributed by atoms with van der Waals surface area (Å²) in [6, 6.07) is 3.52. The molecule has 1 aromatic rings. The van der Waals surface area contributed by atoms with Crippen molar-refractivity contribution in [3.05, 3.63) is 60.4 Å². The summed E-state index contributed by atoms with van der Waals surface area (Å²) in [7, 11) is 4.61. The fourth-order valence-electron chi connectivity index (χ4n) is 2.18. The molecule has 0 radical (unpaired) electrons. The van der Waals surface area contributed by atoms with Gasteiger partial charge in [0.25, 0.3) is 5.91 Å². The molecular formula is C19H24N2O5. The first kappa shape index (κ1) is 20.9. The predicted molar refractivity (Wildman–Crippen MR) is 101 cm³/mol. The van der Waals surface area contributed by atoms with Gasteiger partial charge in [-0.3, -0.25) is 10.0 Å². The maximum atomic E-state index is 11.2. The molecule has 0 aliphatic heterocycles. The smallest absolute Gasteiger partial charge is 0.267 e. The van der Waals surface area contributed by atoms with Crippen LogP contribution in [0.25, 0.3) is 0 Å². The van der Waals surface area contributed by atoms with Crippen LogP contribution in [0.3, 0.4) is 0 Å². The van der Waals surface area contributed by atoms with Crippen molar-refractivity contribution in [2.75, 3.05) is 26.6 Å². The lowest BCUT2D eigenvalue weighted by molar-refractivity contribution is -0.124. The summed E-state index contributed by atoms with van der Waals surface area (Å²) >= 11 is 0. The number of benzene rings is 1. The number of hydrogen-bond acceptors (Lipinski definition) is 6. The minimum atomic E-state index is -0.630. The lowest BCUT2D eigenvalue weighted by atomic mass is 10.1. The third kappa shape index (κ3) is 5.42. The van der Waals surface area contributed by atoms with Crippen LogP contribution in [0, 0.1) is 0 Å². The fourth-order valence-corrected chi connectivity index (χ4v) is 2.18. The Morgan fingerprint density at radius 3 is 2.15 bits per heavy atom. The molecule has 0 fully saturated rings. The van der Waals surface area contributed by atoms with Crippen molar-refractivity contribution < 1.29 is 24.2 Å². The van der Waals surface area contributed by atoms with Gasteiger partial charge in [-0.15, -0.1) is 0 Å². The van der Waals surface area contributed by atoms with Crippen molar-refractivity contribution in [1.82, 2.24) is 5.48 Å². The molecule has 0 unspecified atom stereocenters. The van der Waals surface area contributed by atoms with E-state index in [9.17, 15) is 4.79 Å². The fraction of sp³-hybridized carbons (Fsp3) is 0.211. The number of carbonyl (C=O) groups is 1. The van der Waals surface area contributed by atoms with Crippen LogP contribution < -0.4 is 25.0 Å². The molecular weight excluding hydrogens is 336 g/mol. The number of hydroxylamine groups is 1. The molecule has 0 saturated heterocycles. The van der Waals surface area contributed by atoms with E-state index in [1.807, 2.05) is 13.0 Å². The minimum absolute atomic E-state index is 0.487. The predicted octanol–water partition coefficient (Wildman–Crippen LogP) is 3.20. The van der Waals surface area contributed by atoms with E-state index >= 15 is 0 Å². The van der Waals surface area contributed by atoms with Crippen LogP contribution in [0.5, 0.6) is 17.2 Å². The number of ether oxygens (including phenoxy) is 3. The van der Waals surface area contributed by atoms with E-state index in [1.165, 1.54) is 27.4 Å². The number of rotatable bonds is 9. The van der Waals surface area contributed by atoms with Gasteiger partial charge in [-0.2, -0.15) is 0 Å². The van der Waals surface area contributed by atoms with Crippen LogP contribution in [0.1, 0.15) is 6.92 Å². The quantitative estimate of drug-likeness (QED) is 0.271. The first-order valence-corrected chi connectivity index (χ1v) is 7.73. The Hall–Kier alpha value is -3.19. The van der Waals surface area contributed by atoms with Gasteiger partial charge in [0.15, 0.2) is 11.5 Å². The molecule has 0 aliphatic carbocycles. The molecule has 140 valence electrons. The molecule has 7 nitrogen and oxygen atoms in total. The Bertz CT molecular complexity index is 710. The van der Waals surface area contributed by atoms with Gasteiger partial charge in [-0.1, -0.05) is 18.7 Å². The molecule has 0 atom stereocenters. The summed E-state index contributed by atoms with van der Waals surface area (Å²) in [6.45, 7) is 5.53. The topological polar surface area (TPSA) is 89.0 Å². The zero-order valence-corrected chi connectivity index (χ0v) is 15.3. The van der Waals surface area contributed by atoms with Crippen LogP contribution >= 0.6 is 0 Å². The van der Waals surface area contributed by atoms with Gasteiger partial charge in [0.1, 0.15) is 0 Å². The summed E-state index contributed by atoms with van der Waals surface area (Å²) in [5, 5.41) is 11.8. The molecule has 0 spiro atoms. The van der Waals surface area contributed by atoms with E-state index in [4.69, 9.17) is 19.4 Å². The summed E-state index contributed by atoms with van der Waals surface area (Å²) in [5.74, 6) is 0.865. The zero-order valence-electron chi connectivity index (χ0n) is 15.3. The highest BCUT2D eigenvalue weighted by Crippen LogP contribution is 2.40. The Labute approximate surface area is 153 Å². The van der Waals surface area contributed by atoms with Gasteiger partial charge in [0.05, 0.1) is 21.3 Å². The SMILES string of the molecule is C=C\C=C(Nc1cc(OC)c(OC)c(OC)c1)/C(=C\C)/C=C/C(=O)NO. The third-order valence-corrected chi connectivity index (χ3v) is 3.37. The van der Waals surface area contributed by atoms with Crippen LogP contribution in [0.4, 0.5) is 5.69 Å². The Morgan fingerprint density at radius 2 is 1.73 bits per heavy atom. The van der Waals surface area contributed by atoms with Crippen LogP contribution in [-0.2, 0) is 4.79 Å². The van der Waals surface area contributed by atoms with Crippen molar-refractivity contribution in [2.24, 2.45) is 0 Å². The summed E-state index contributed by atoms with van der Waals surface area (Å²) in [4.78, 5) is 11.2. The lowest BCUT2D eigenvalue weighted by Crippen LogP contribution is -2.15. The molecule has 0 bridgehead atoms. The van der Waals surface area contributed by atoms with Gasteiger partial charge >= 0.3 is 0 Å². The molecule has 1 amide bonds. The van der Waals surface area contributed by atoms with E-state index in [0.717, 1.165) is 0 Å². The highest BCUT2D eigenvalue weighted by Gasteiger charge is 2.14. The molecule has 1 rings (SSSR count). The highest BCUT2D eigenvalue weighted by atomic mass is 16.5. The molecule has 0 heterocycles. The lowest BCUT2D eigenvalue weighted by Gasteiger charge is -2.17.